The topological polar surface area (TPSA) is 79.5 Å². The summed E-state index contributed by atoms with van der Waals surface area (Å²) in [6, 6.07) is 6.91. The Morgan fingerprint density at radius 1 is 1.52 bits per heavy atom. The number of benzene rings is 1. The Bertz CT molecular complexity index is 689. The largest absolute Gasteiger partial charge is 0.507 e. The zero-order valence-corrected chi connectivity index (χ0v) is 11.7. The molecule has 1 amide bonds. The molecule has 0 aliphatic carbocycles. The van der Waals surface area contributed by atoms with Gasteiger partial charge in [-0.15, -0.1) is 6.58 Å². The second-order valence-electron chi connectivity index (χ2n) is 4.42. The Morgan fingerprint density at radius 3 is 3.00 bits per heavy atom. The van der Waals surface area contributed by atoms with Crippen molar-refractivity contribution >= 4 is 12.1 Å². The second-order valence-corrected chi connectivity index (χ2v) is 4.42. The van der Waals surface area contributed by atoms with Crippen molar-refractivity contribution in [3.05, 3.63) is 59.9 Å². The normalized spacial score (nSPS) is 10.7. The highest BCUT2D eigenvalue weighted by molar-refractivity contribution is 5.93. The van der Waals surface area contributed by atoms with Crippen LogP contribution >= 0.6 is 0 Å². The summed E-state index contributed by atoms with van der Waals surface area (Å²) in [6.07, 6.45) is 5.33. The zero-order chi connectivity index (χ0) is 15.2. The van der Waals surface area contributed by atoms with Gasteiger partial charge in [0.1, 0.15) is 5.75 Å². The van der Waals surface area contributed by atoms with Crippen molar-refractivity contribution in [1.82, 2.24) is 15.2 Å². The molecule has 0 aliphatic rings. The smallest absolute Gasteiger partial charge is 0.291 e. The Labute approximate surface area is 122 Å². The first-order chi connectivity index (χ1) is 10.1. The van der Waals surface area contributed by atoms with Crippen molar-refractivity contribution in [2.45, 2.75) is 6.42 Å². The van der Waals surface area contributed by atoms with Crippen LogP contribution in [-0.2, 0) is 13.5 Å². The lowest BCUT2D eigenvalue weighted by Gasteiger charge is -2.04. The first kappa shape index (κ1) is 14.5. The van der Waals surface area contributed by atoms with E-state index in [2.05, 4.69) is 22.2 Å². The molecule has 1 aromatic carbocycles. The van der Waals surface area contributed by atoms with Gasteiger partial charge in [0.2, 0.25) is 0 Å². The van der Waals surface area contributed by atoms with Gasteiger partial charge < -0.3 is 5.11 Å². The predicted octanol–water partition coefficient (Wildman–Crippen LogP) is 1.62. The average Bonchev–Trinajstić information content (AvgIpc) is 2.89. The monoisotopic (exact) mass is 284 g/mol. The van der Waals surface area contributed by atoms with Crippen LogP contribution in [0.5, 0.6) is 5.75 Å². The van der Waals surface area contributed by atoms with E-state index < -0.39 is 5.91 Å². The van der Waals surface area contributed by atoms with E-state index in [1.807, 2.05) is 0 Å². The second kappa shape index (κ2) is 6.51. The van der Waals surface area contributed by atoms with E-state index in [1.54, 1.807) is 43.6 Å². The van der Waals surface area contributed by atoms with E-state index in [1.165, 1.54) is 10.9 Å². The summed E-state index contributed by atoms with van der Waals surface area (Å²) in [5.41, 5.74) is 3.92. The summed E-state index contributed by atoms with van der Waals surface area (Å²) in [6.45, 7) is 3.64. The number of rotatable bonds is 5. The third kappa shape index (κ3) is 3.56. The van der Waals surface area contributed by atoms with Gasteiger partial charge in [-0.3, -0.25) is 9.48 Å². The number of para-hydroxylation sites is 1. The number of hydrazone groups is 1. The first-order valence-corrected chi connectivity index (χ1v) is 6.36. The van der Waals surface area contributed by atoms with E-state index in [0.29, 0.717) is 12.0 Å². The molecule has 0 aliphatic heterocycles. The van der Waals surface area contributed by atoms with Gasteiger partial charge in [-0.05, 0) is 24.1 Å². The van der Waals surface area contributed by atoms with Crippen molar-refractivity contribution in [1.29, 1.82) is 0 Å². The number of hydrogen-bond donors (Lipinski definition) is 2. The molecule has 6 nitrogen and oxygen atoms in total. The number of phenolic OH excluding ortho intramolecular Hbond substituents is 1. The van der Waals surface area contributed by atoms with Crippen molar-refractivity contribution in [3.8, 4) is 5.75 Å². The number of amides is 1. The maximum Gasteiger partial charge on any atom is 0.291 e. The third-order valence-electron chi connectivity index (χ3n) is 2.83. The van der Waals surface area contributed by atoms with E-state index in [-0.39, 0.29) is 11.4 Å². The summed E-state index contributed by atoms with van der Waals surface area (Å²) < 4.78 is 1.53. The molecule has 0 radical (unpaired) electrons. The molecule has 0 saturated heterocycles. The van der Waals surface area contributed by atoms with E-state index in [9.17, 15) is 9.90 Å². The average molecular weight is 284 g/mol. The summed E-state index contributed by atoms with van der Waals surface area (Å²) in [5.74, 6) is -0.276. The fourth-order valence-electron chi connectivity index (χ4n) is 1.79. The fraction of sp³-hybridized carbons (Fsp3) is 0.133. The molecule has 108 valence electrons. The molecule has 0 saturated carbocycles. The van der Waals surface area contributed by atoms with Crippen LogP contribution in [0.4, 0.5) is 0 Å². The van der Waals surface area contributed by atoms with Crippen LogP contribution in [0, 0.1) is 0 Å². The number of aryl methyl sites for hydroxylation is 1. The highest BCUT2D eigenvalue weighted by Crippen LogP contribution is 2.21. The van der Waals surface area contributed by atoms with Gasteiger partial charge in [0.15, 0.2) is 5.69 Å². The Hall–Kier alpha value is -2.89. The number of carbonyl (C=O) groups excluding carboxylic acids is 1. The van der Waals surface area contributed by atoms with Crippen molar-refractivity contribution < 1.29 is 9.90 Å². The van der Waals surface area contributed by atoms with Crippen LogP contribution in [0.15, 0.2) is 48.2 Å². The number of aromatic nitrogens is 2. The number of nitrogens with zero attached hydrogens (tertiary/aromatic N) is 3. The Morgan fingerprint density at radius 2 is 2.33 bits per heavy atom. The highest BCUT2D eigenvalue weighted by Gasteiger charge is 2.07. The van der Waals surface area contributed by atoms with Gasteiger partial charge in [0, 0.05) is 18.8 Å². The molecule has 2 N–H and O–H groups in total. The maximum atomic E-state index is 11.7. The van der Waals surface area contributed by atoms with Crippen molar-refractivity contribution in [2.24, 2.45) is 12.1 Å². The molecule has 2 aromatic rings. The quantitative estimate of drug-likeness (QED) is 0.497. The van der Waals surface area contributed by atoms with Gasteiger partial charge in [0.05, 0.1) is 6.21 Å². The molecular formula is C15H16N4O2. The summed E-state index contributed by atoms with van der Waals surface area (Å²) in [7, 11) is 1.73. The Kier molecular flexibility index (Phi) is 4.50. The molecule has 1 heterocycles. The fourth-order valence-corrected chi connectivity index (χ4v) is 1.79. The number of nitrogens with one attached hydrogen (secondary N) is 1. The molecule has 0 spiro atoms. The minimum absolute atomic E-state index is 0.133. The standard InChI is InChI=1S/C15H16N4O2/c1-3-5-11-6-4-7-12(14(11)20)10-16-17-15(21)13-8-9-19(2)18-13/h3-4,6-10,20H,1,5H2,2H3,(H,17,21). The van der Waals surface area contributed by atoms with Crippen LogP contribution in [0.1, 0.15) is 21.6 Å². The number of hydrogen-bond acceptors (Lipinski definition) is 4. The summed E-state index contributed by atoms with van der Waals surface area (Å²) in [5, 5.41) is 17.8. The lowest BCUT2D eigenvalue weighted by Crippen LogP contribution is -2.18. The molecule has 0 bridgehead atoms. The molecular weight excluding hydrogens is 268 g/mol. The van der Waals surface area contributed by atoms with E-state index in [4.69, 9.17) is 0 Å². The molecule has 0 fully saturated rings. The molecule has 1 aromatic heterocycles. The van der Waals surface area contributed by atoms with Crippen LogP contribution in [0.2, 0.25) is 0 Å². The van der Waals surface area contributed by atoms with Gasteiger partial charge in [-0.25, -0.2) is 5.43 Å². The van der Waals surface area contributed by atoms with Crippen LogP contribution in [0.25, 0.3) is 0 Å². The molecule has 6 heteroatoms. The third-order valence-corrected chi connectivity index (χ3v) is 2.83. The van der Waals surface area contributed by atoms with Crippen molar-refractivity contribution in [2.75, 3.05) is 0 Å². The van der Waals surface area contributed by atoms with Crippen molar-refractivity contribution in [3.63, 3.8) is 0 Å². The molecule has 2 rings (SSSR count). The number of allylic oxidation sites excluding steroid dienone is 1. The van der Waals surface area contributed by atoms with Crippen LogP contribution in [0.3, 0.4) is 0 Å². The minimum atomic E-state index is -0.409. The maximum absolute atomic E-state index is 11.7. The van der Waals surface area contributed by atoms with Crippen LogP contribution in [-0.4, -0.2) is 27.0 Å². The lowest BCUT2D eigenvalue weighted by molar-refractivity contribution is 0.0949. The minimum Gasteiger partial charge on any atom is -0.507 e. The number of aromatic hydroxyl groups is 1. The molecule has 0 unspecified atom stereocenters. The first-order valence-electron chi connectivity index (χ1n) is 6.36. The van der Waals surface area contributed by atoms with E-state index in [0.717, 1.165) is 5.56 Å². The van der Waals surface area contributed by atoms with Gasteiger partial charge >= 0.3 is 0 Å². The predicted molar refractivity (Wildman–Crippen MR) is 80.3 cm³/mol. The Balaban J connectivity index is 2.06. The summed E-state index contributed by atoms with van der Waals surface area (Å²) in [4.78, 5) is 11.7. The SMILES string of the molecule is C=CCc1cccc(C=NNC(=O)c2ccn(C)n2)c1O. The lowest BCUT2D eigenvalue weighted by atomic mass is 10.1. The van der Waals surface area contributed by atoms with Gasteiger partial charge in [0.25, 0.3) is 5.91 Å². The highest BCUT2D eigenvalue weighted by atomic mass is 16.3. The van der Waals surface area contributed by atoms with Gasteiger partial charge in [-0.2, -0.15) is 10.2 Å². The van der Waals surface area contributed by atoms with E-state index >= 15 is 0 Å². The molecule has 0 atom stereocenters. The number of carbonyl (C=O) groups is 1. The van der Waals surface area contributed by atoms with Crippen LogP contribution < -0.4 is 5.43 Å². The summed E-state index contributed by atoms with van der Waals surface area (Å²) >= 11 is 0. The zero-order valence-electron chi connectivity index (χ0n) is 11.7. The number of phenols is 1. The molecule has 21 heavy (non-hydrogen) atoms. The van der Waals surface area contributed by atoms with Gasteiger partial charge in [-0.1, -0.05) is 18.2 Å².